The van der Waals surface area contributed by atoms with Crippen LogP contribution in [0.2, 0.25) is 5.02 Å². The number of rotatable bonds is 11. The number of amides is 1. The molecule has 0 unspecified atom stereocenters. The van der Waals surface area contributed by atoms with Crippen molar-refractivity contribution in [3.63, 3.8) is 0 Å². The first kappa shape index (κ1) is 31.1. The largest absolute Gasteiger partial charge is 0.492 e. The molecule has 2 heterocycles. The summed E-state index contributed by atoms with van der Waals surface area (Å²) in [5.74, 6) is 0.831. The molecule has 222 valence electrons. The molecule has 1 saturated heterocycles. The van der Waals surface area contributed by atoms with Crippen molar-refractivity contribution in [1.29, 1.82) is 5.26 Å². The number of hydrogen-bond acceptors (Lipinski definition) is 8. The summed E-state index contributed by atoms with van der Waals surface area (Å²) in [6.45, 7) is 12.8. The minimum Gasteiger partial charge on any atom is -0.492 e. The van der Waals surface area contributed by atoms with Gasteiger partial charge in [-0.05, 0) is 58.5 Å². The van der Waals surface area contributed by atoms with Crippen LogP contribution in [-0.2, 0) is 11.2 Å². The normalized spacial score (nSPS) is 14.3. The van der Waals surface area contributed by atoms with Crippen molar-refractivity contribution in [3.8, 4) is 17.6 Å². The Balaban J connectivity index is 1.68. The molecule has 1 aliphatic heterocycles. The van der Waals surface area contributed by atoms with Crippen LogP contribution < -0.4 is 20.1 Å². The molecule has 42 heavy (non-hydrogen) atoms. The zero-order valence-electron chi connectivity index (χ0n) is 25.0. The number of nitrogens with zero attached hydrogens (tertiary/aromatic N) is 4. The second-order valence-electron chi connectivity index (χ2n) is 10.5. The zero-order valence-corrected chi connectivity index (χ0v) is 25.7. The van der Waals surface area contributed by atoms with Crippen LogP contribution in [0, 0.1) is 11.3 Å². The average Bonchev–Trinajstić information content (AvgIpc) is 2.95. The van der Waals surface area contributed by atoms with Crippen molar-refractivity contribution in [2.45, 2.75) is 40.2 Å². The lowest BCUT2D eigenvalue weighted by molar-refractivity contribution is -0.111. The molecule has 0 radical (unpaired) electrons. The van der Waals surface area contributed by atoms with Gasteiger partial charge in [0.15, 0.2) is 0 Å². The molecular weight excluding hydrogens is 552 g/mol. The standard InChI is InChI=1S/C32H39ClN6O3/c1-6-26-24(20-34)32(35-22-10-11-29(25(33)17-22)42-21(3)4)23-18-28(30(41-7-2)19-27(23)36-26)37-31(40)9-8-12-39-15-13-38(5)14-16-39/h8-11,17-19,21H,6-7,12-16H2,1-5H3,(H,35,36)(H,37,40)/b9-8+. The van der Waals surface area contributed by atoms with Gasteiger partial charge in [0.05, 0.1) is 45.9 Å². The highest BCUT2D eigenvalue weighted by atomic mass is 35.5. The van der Waals surface area contributed by atoms with Crippen molar-refractivity contribution in [1.82, 2.24) is 14.8 Å². The lowest BCUT2D eigenvalue weighted by Crippen LogP contribution is -2.44. The maximum Gasteiger partial charge on any atom is 0.248 e. The van der Waals surface area contributed by atoms with Crippen molar-refractivity contribution in [2.24, 2.45) is 0 Å². The van der Waals surface area contributed by atoms with Gasteiger partial charge >= 0.3 is 0 Å². The van der Waals surface area contributed by atoms with Gasteiger partial charge in [0.1, 0.15) is 17.6 Å². The monoisotopic (exact) mass is 590 g/mol. The second-order valence-corrected chi connectivity index (χ2v) is 10.9. The summed E-state index contributed by atoms with van der Waals surface area (Å²) in [4.78, 5) is 22.3. The van der Waals surface area contributed by atoms with Crippen LogP contribution in [0.3, 0.4) is 0 Å². The van der Waals surface area contributed by atoms with Gasteiger partial charge in [-0.2, -0.15) is 5.26 Å². The van der Waals surface area contributed by atoms with Gasteiger partial charge in [-0.1, -0.05) is 24.6 Å². The fraction of sp³-hybridized carbons (Fsp3) is 0.406. The number of likely N-dealkylation sites (N-methyl/N-ethyl adjacent to an activating group) is 1. The minimum absolute atomic E-state index is 0.0162. The number of piperazine rings is 1. The Morgan fingerprint density at radius 1 is 1.17 bits per heavy atom. The summed E-state index contributed by atoms with van der Waals surface area (Å²) in [5.41, 5.74) is 3.49. The van der Waals surface area contributed by atoms with Gasteiger partial charge < -0.3 is 25.0 Å². The highest BCUT2D eigenvalue weighted by Gasteiger charge is 2.19. The Kier molecular flexibility index (Phi) is 10.6. The van der Waals surface area contributed by atoms with E-state index >= 15 is 0 Å². The van der Waals surface area contributed by atoms with E-state index in [-0.39, 0.29) is 12.0 Å². The molecule has 1 fully saturated rings. The maximum atomic E-state index is 13.0. The van der Waals surface area contributed by atoms with Crippen molar-refractivity contribution >= 4 is 45.5 Å². The SMILES string of the molecule is CCOc1cc2nc(CC)c(C#N)c(Nc3ccc(OC(C)C)c(Cl)c3)c2cc1NC(=O)/C=C/CN1CCN(C)CC1. The Bertz CT molecular complexity index is 1490. The topological polar surface area (TPSA) is 103 Å². The molecule has 0 bridgehead atoms. The van der Waals surface area contributed by atoms with Gasteiger partial charge in [0, 0.05) is 55.9 Å². The summed E-state index contributed by atoms with van der Waals surface area (Å²) in [7, 11) is 2.12. The summed E-state index contributed by atoms with van der Waals surface area (Å²) in [6.07, 6.45) is 3.99. The first-order valence-electron chi connectivity index (χ1n) is 14.4. The first-order chi connectivity index (χ1) is 20.2. The number of carbonyl (C=O) groups is 1. The van der Waals surface area contributed by atoms with Gasteiger partial charge in [0.2, 0.25) is 5.91 Å². The molecular formula is C32H39ClN6O3. The number of nitriles is 1. The van der Waals surface area contributed by atoms with Gasteiger partial charge in [0.25, 0.3) is 0 Å². The van der Waals surface area contributed by atoms with E-state index in [0.29, 0.717) is 75.3 Å². The number of benzene rings is 2. The van der Waals surface area contributed by atoms with E-state index in [2.05, 4.69) is 33.6 Å². The molecule has 2 aromatic carbocycles. The molecule has 0 aliphatic carbocycles. The third kappa shape index (κ3) is 7.71. The molecule has 9 nitrogen and oxygen atoms in total. The van der Waals surface area contributed by atoms with E-state index < -0.39 is 0 Å². The van der Waals surface area contributed by atoms with E-state index in [1.165, 1.54) is 0 Å². The van der Waals surface area contributed by atoms with Crippen LogP contribution in [0.5, 0.6) is 11.5 Å². The number of anilines is 3. The summed E-state index contributed by atoms with van der Waals surface area (Å²) in [6, 6.07) is 11.3. The van der Waals surface area contributed by atoms with E-state index in [4.69, 9.17) is 26.1 Å². The number of aryl methyl sites for hydroxylation is 1. The molecule has 10 heteroatoms. The van der Waals surface area contributed by atoms with Gasteiger partial charge in [-0.25, -0.2) is 0 Å². The quantitative estimate of drug-likeness (QED) is 0.262. The van der Waals surface area contributed by atoms with Crippen LogP contribution in [0.25, 0.3) is 10.9 Å². The third-order valence-electron chi connectivity index (χ3n) is 6.96. The van der Waals surface area contributed by atoms with Crippen LogP contribution in [-0.4, -0.2) is 73.2 Å². The number of nitrogens with one attached hydrogen (secondary N) is 2. The lowest BCUT2D eigenvalue weighted by atomic mass is 10.0. The van der Waals surface area contributed by atoms with Crippen molar-refractivity contribution < 1.29 is 14.3 Å². The van der Waals surface area contributed by atoms with E-state index in [0.717, 1.165) is 26.2 Å². The number of carbonyl (C=O) groups excluding carboxylic acids is 1. The molecule has 4 rings (SSSR count). The van der Waals surface area contributed by atoms with E-state index in [1.54, 1.807) is 30.3 Å². The molecule has 1 aliphatic rings. The van der Waals surface area contributed by atoms with Crippen molar-refractivity contribution in [2.75, 3.05) is 57.0 Å². The summed E-state index contributed by atoms with van der Waals surface area (Å²) < 4.78 is 11.7. The molecule has 2 N–H and O–H groups in total. The Hall–Kier alpha value is -3.84. The Morgan fingerprint density at radius 2 is 1.93 bits per heavy atom. The van der Waals surface area contributed by atoms with E-state index in [9.17, 15) is 10.1 Å². The minimum atomic E-state index is -0.259. The third-order valence-corrected chi connectivity index (χ3v) is 7.25. The van der Waals surface area contributed by atoms with Crippen LogP contribution in [0.4, 0.5) is 17.1 Å². The van der Waals surface area contributed by atoms with Gasteiger partial charge in [-0.3, -0.25) is 14.7 Å². The molecule has 1 aromatic heterocycles. The molecule has 0 saturated carbocycles. The fourth-order valence-corrected chi connectivity index (χ4v) is 5.03. The number of pyridine rings is 1. The second kappa shape index (κ2) is 14.4. The average molecular weight is 591 g/mol. The maximum absolute atomic E-state index is 13.0. The molecule has 1 amide bonds. The highest BCUT2D eigenvalue weighted by Crippen LogP contribution is 2.38. The van der Waals surface area contributed by atoms with Crippen LogP contribution >= 0.6 is 11.6 Å². The number of aromatic nitrogens is 1. The number of fused-ring (bicyclic) bond motifs is 1. The summed E-state index contributed by atoms with van der Waals surface area (Å²) >= 11 is 6.51. The number of hydrogen-bond donors (Lipinski definition) is 2. The predicted molar refractivity (Wildman–Crippen MR) is 169 cm³/mol. The summed E-state index contributed by atoms with van der Waals surface area (Å²) in [5, 5.41) is 17.6. The number of halogens is 1. The Morgan fingerprint density at radius 3 is 2.57 bits per heavy atom. The molecule has 0 atom stereocenters. The van der Waals surface area contributed by atoms with E-state index in [1.807, 2.05) is 39.8 Å². The van der Waals surface area contributed by atoms with Crippen LogP contribution in [0.15, 0.2) is 42.5 Å². The van der Waals surface area contributed by atoms with Crippen molar-refractivity contribution in [3.05, 3.63) is 58.8 Å². The number of ether oxygens (including phenoxy) is 2. The highest BCUT2D eigenvalue weighted by molar-refractivity contribution is 6.32. The molecule has 3 aromatic rings. The van der Waals surface area contributed by atoms with Gasteiger partial charge in [-0.15, -0.1) is 0 Å². The molecule has 0 spiro atoms. The Labute approximate surface area is 253 Å². The first-order valence-corrected chi connectivity index (χ1v) is 14.7. The zero-order chi connectivity index (χ0) is 30.2. The fourth-order valence-electron chi connectivity index (χ4n) is 4.81. The smallest absolute Gasteiger partial charge is 0.248 e. The lowest BCUT2D eigenvalue weighted by Gasteiger charge is -2.31. The predicted octanol–water partition coefficient (Wildman–Crippen LogP) is 5.99. The van der Waals surface area contributed by atoms with Crippen LogP contribution in [0.1, 0.15) is 39.0 Å².